The minimum atomic E-state index is -3.75. The van der Waals surface area contributed by atoms with E-state index in [2.05, 4.69) is 15.0 Å². The molecule has 27 heavy (non-hydrogen) atoms. The topological polar surface area (TPSA) is 88.2 Å². The largest absolute Gasteiger partial charge is 0.322 e. The maximum atomic E-state index is 12.5. The van der Waals surface area contributed by atoms with Gasteiger partial charge in [-0.2, -0.15) is 0 Å². The van der Waals surface area contributed by atoms with Gasteiger partial charge in [0.15, 0.2) is 0 Å². The highest BCUT2D eigenvalue weighted by molar-refractivity contribution is 7.89. The van der Waals surface area contributed by atoms with E-state index in [1.807, 2.05) is 25.1 Å². The number of aromatic nitrogens is 1. The van der Waals surface area contributed by atoms with Crippen molar-refractivity contribution in [3.8, 4) is 0 Å². The normalized spacial score (nSPS) is 11.1. The van der Waals surface area contributed by atoms with Crippen LogP contribution in [0.25, 0.3) is 0 Å². The molecule has 7 heteroatoms. The van der Waals surface area contributed by atoms with Gasteiger partial charge in [-0.15, -0.1) is 0 Å². The van der Waals surface area contributed by atoms with Crippen LogP contribution in [0.15, 0.2) is 78.0 Å². The van der Waals surface area contributed by atoms with E-state index in [-0.39, 0.29) is 22.9 Å². The number of aryl methyl sites for hydroxylation is 1. The minimum absolute atomic E-state index is 0.0361. The Hall–Kier alpha value is -3.03. The first-order chi connectivity index (χ1) is 13.0. The van der Waals surface area contributed by atoms with Crippen molar-refractivity contribution in [2.45, 2.75) is 18.4 Å². The van der Waals surface area contributed by atoms with Crippen LogP contribution in [0.3, 0.4) is 0 Å². The van der Waals surface area contributed by atoms with Crippen LogP contribution in [0.2, 0.25) is 0 Å². The summed E-state index contributed by atoms with van der Waals surface area (Å²) < 4.78 is 27.6. The lowest BCUT2D eigenvalue weighted by molar-refractivity contribution is 0.102. The SMILES string of the molecule is Cc1ccccc1NC(=O)c1cccc(S(=O)(=O)NCc2ccncc2)c1. The van der Waals surface area contributed by atoms with Crippen LogP contribution in [0.5, 0.6) is 0 Å². The lowest BCUT2D eigenvalue weighted by Crippen LogP contribution is -2.23. The molecule has 1 amide bonds. The molecular formula is C20H19N3O3S. The molecule has 0 bridgehead atoms. The predicted octanol–water partition coefficient (Wildman–Crippen LogP) is 3.12. The molecule has 0 spiro atoms. The van der Waals surface area contributed by atoms with Crippen LogP contribution in [-0.4, -0.2) is 19.3 Å². The number of benzene rings is 2. The van der Waals surface area contributed by atoms with E-state index in [0.29, 0.717) is 5.69 Å². The second kappa shape index (κ2) is 8.11. The third-order valence-electron chi connectivity index (χ3n) is 4.02. The molecule has 3 aromatic rings. The van der Waals surface area contributed by atoms with Crippen molar-refractivity contribution in [1.29, 1.82) is 0 Å². The van der Waals surface area contributed by atoms with Crippen molar-refractivity contribution in [2.75, 3.05) is 5.32 Å². The third kappa shape index (κ3) is 4.78. The van der Waals surface area contributed by atoms with Crippen molar-refractivity contribution in [3.05, 3.63) is 89.7 Å². The van der Waals surface area contributed by atoms with Gasteiger partial charge in [0.2, 0.25) is 10.0 Å². The van der Waals surface area contributed by atoms with Gasteiger partial charge < -0.3 is 5.32 Å². The summed E-state index contributed by atoms with van der Waals surface area (Å²) in [4.78, 5) is 16.4. The highest BCUT2D eigenvalue weighted by Crippen LogP contribution is 2.17. The molecule has 0 atom stereocenters. The van der Waals surface area contributed by atoms with E-state index in [9.17, 15) is 13.2 Å². The van der Waals surface area contributed by atoms with Gasteiger partial charge in [0.1, 0.15) is 0 Å². The van der Waals surface area contributed by atoms with Crippen LogP contribution in [0, 0.1) is 6.92 Å². The summed E-state index contributed by atoms with van der Waals surface area (Å²) in [6.45, 7) is 2.03. The zero-order valence-corrected chi connectivity index (χ0v) is 15.5. The fourth-order valence-electron chi connectivity index (χ4n) is 2.47. The number of carbonyl (C=O) groups is 1. The summed E-state index contributed by atoms with van der Waals surface area (Å²) in [5, 5.41) is 2.80. The van der Waals surface area contributed by atoms with Gasteiger partial charge in [-0.25, -0.2) is 13.1 Å². The maximum Gasteiger partial charge on any atom is 0.255 e. The summed E-state index contributed by atoms with van der Waals surface area (Å²) in [5.41, 5.74) is 2.67. The van der Waals surface area contributed by atoms with E-state index in [0.717, 1.165) is 11.1 Å². The molecule has 6 nitrogen and oxygen atoms in total. The molecule has 0 fully saturated rings. The van der Waals surface area contributed by atoms with Crippen molar-refractivity contribution in [3.63, 3.8) is 0 Å². The smallest absolute Gasteiger partial charge is 0.255 e. The van der Waals surface area contributed by atoms with Crippen LogP contribution in [-0.2, 0) is 16.6 Å². The first-order valence-electron chi connectivity index (χ1n) is 8.31. The lowest BCUT2D eigenvalue weighted by Gasteiger charge is -2.10. The van der Waals surface area contributed by atoms with Crippen molar-refractivity contribution in [2.24, 2.45) is 0 Å². The second-order valence-corrected chi connectivity index (χ2v) is 7.74. The molecule has 2 N–H and O–H groups in total. The van der Waals surface area contributed by atoms with Crippen LogP contribution < -0.4 is 10.0 Å². The summed E-state index contributed by atoms with van der Waals surface area (Å²) in [7, 11) is -3.75. The molecule has 3 rings (SSSR count). The van der Waals surface area contributed by atoms with E-state index in [1.54, 1.807) is 42.7 Å². The number of nitrogens with one attached hydrogen (secondary N) is 2. The average molecular weight is 381 g/mol. The predicted molar refractivity (Wildman–Crippen MR) is 104 cm³/mol. The number of nitrogens with zero attached hydrogens (tertiary/aromatic N) is 1. The van der Waals surface area contributed by atoms with Gasteiger partial charge >= 0.3 is 0 Å². The van der Waals surface area contributed by atoms with E-state index < -0.39 is 10.0 Å². The summed E-state index contributed by atoms with van der Waals surface area (Å²) in [6.07, 6.45) is 3.19. The number of rotatable bonds is 6. The highest BCUT2D eigenvalue weighted by Gasteiger charge is 2.16. The van der Waals surface area contributed by atoms with Crippen molar-refractivity contribution >= 4 is 21.6 Å². The van der Waals surface area contributed by atoms with Crippen LogP contribution in [0.4, 0.5) is 5.69 Å². The molecule has 138 valence electrons. The standard InChI is InChI=1S/C20H19N3O3S/c1-15-5-2-3-8-19(15)23-20(24)17-6-4-7-18(13-17)27(25,26)22-14-16-9-11-21-12-10-16/h2-13,22H,14H2,1H3,(H,23,24). The molecule has 0 saturated heterocycles. The molecule has 1 heterocycles. The number of anilines is 1. The number of amides is 1. The number of carbonyl (C=O) groups excluding carboxylic acids is 1. The van der Waals surface area contributed by atoms with Gasteiger partial charge in [-0.1, -0.05) is 24.3 Å². The molecule has 0 aliphatic rings. The number of sulfonamides is 1. The average Bonchev–Trinajstić information content (AvgIpc) is 2.69. The van der Waals surface area contributed by atoms with Gasteiger partial charge in [0.05, 0.1) is 4.90 Å². The van der Waals surface area contributed by atoms with Gasteiger partial charge in [-0.05, 0) is 54.4 Å². The van der Waals surface area contributed by atoms with Crippen molar-refractivity contribution < 1.29 is 13.2 Å². The van der Waals surface area contributed by atoms with Crippen LogP contribution in [0.1, 0.15) is 21.5 Å². The fraction of sp³-hybridized carbons (Fsp3) is 0.100. The second-order valence-electron chi connectivity index (χ2n) is 5.98. The molecule has 0 aliphatic heterocycles. The Balaban J connectivity index is 1.76. The monoisotopic (exact) mass is 381 g/mol. The van der Waals surface area contributed by atoms with E-state index >= 15 is 0 Å². The van der Waals surface area contributed by atoms with Gasteiger partial charge in [0, 0.05) is 30.2 Å². The quantitative estimate of drug-likeness (QED) is 0.687. The zero-order valence-electron chi connectivity index (χ0n) is 14.7. The molecule has 0 radical (unpaired) electrons. The maximum absolute atomic E-state index is 12.5. The molecule has 0 aliphatic carbocycles. The Kier molecular flexibility index (Phi) is 5.63. The Morgan fingerprint density at radius 1 is 1.00 bits per heavy atom. The van der Waals surface area contributed by atoms with Gasteiger partial charge in [-0.3, -0.25) is 9.78 Å². The van der Waals surface area contributed by atoms with Crippen LogP contribution >= 0.6 is 0 Å². The first-order valence-corrected chi connectivity index (χ1v) is 9.80. The van der Waals surface area contributed by atoms with Gasteiger partial charge in [0.25, 0.3) is 5.91 Å². The Morgan fingerprint density at radius 3 is 2.48 bits per heavy atom. The van der Waals surface area contributed by atoms with Crippen molar-refractivity contribution in [1.82, 2.24) is 9.71 Å². The Bertz CT molecular complexity index is 1050. The molecular weight excluding hydrogens is 362 g/mol. The number of pyridine rings is 1. The number of hydrogen-bond donors (Lipinski definition) is 2. The minimum Gasteiger partial charge on any atom is -0.322 e. The molecule has 0 saturated carbocycles. The highest BCUT2D eigenvalue weighted by atomic mass is 32.2. The summed E-state index contributed by atoms with van der Waals surface area (Å²) >= 11 is 0. The molecule has 2 aromatic carbocycles. The zero-order chi connectivity index (χ0) is 19.3. The molecule has 0 unspecified atom stereocenters. The fourth-order valence-corrected chi connectivity index (χ4v) is 3.54. The Morgan fingerprint density at radius 2 is 1.74 bits per heavy atom. The Labute approximate surface area is 158 Å². The molecule has 1 aromatic heterocycles. The summed E-state index contributed by atoms with van der Waals surface area (Å²) in [6, 6.07) is 16.8. The number of para-hydroxylation sites is 1. The third-order valence-corrected chi connectivity index (χ3v) is 5.41. The first kappa shape index (κ1) is 18.8. The van der Waals surface area contributed by atoms with E-state index in [4.69, 9.17) is 0 Å². The van der Waals surface area contributed by atoms with E-state index in [1.165, 1.54) is 12.1 Å². The lowest BCUT2D eigenvalue weighted by atomic mass is 10.1. The summed E-state index contributed by atoms with van der Waals surface area (Å²) in [5.74, 6) is -0.365. The number of hydrogen-bond acceptors (Lipinski definition) is 4.